The first-order valence-electron chi connectivity index (χ1n) is 9.10. The number of epoxide rings is 1. The van der Waals surface area contributed by atoms with Gasteiger partial charge in [-0.15, -0.1) is 0 Å². The van der Waals surface area contributed by atoms with Crippen molar-refractivity contribution in [2.75, 3.05) is 13.9 Å². The lowest BCUT2D eigenvalue weighted by Crippen LogP contribution is -2.49. The molecule has 4 heteroatoms. The van der Waals surface area contributed by atoms with Crippen LogP contribution in [0.5, 0.6) is 11.5 Å². The minimum atomic E-state index is -0.112. The van der Waals surface area contributed by atoms with Crippen LogP contribution in [0.15, 0.2) is 24.3 Å². The summed E-state index contributed by atoms with van der Waals surface area (Å²) in [6, 6.07) is 4.48. The lowest BCUT2D eigenvalue weighted by atomic mass is 9.60. The zero-order valence-electron chi connectivity index (χ0n) is 13.9. The summed E-state index contributed by atoms with van der Waals surface area (Å²) in [6.45, 7) is 0.333. The van der Waals surface area contributed by atoms with Crippen LogP contribution in [0.1, 0.15) is 36.8 Å². The van der Waals surface area contributed by atoms with Crippen molar-refractivity contribution >= 4 is 0 Å². The Bertz CT molecular complexity index is 756. The molecule has 24 heavy (non-hydrogen) atoms. The number of ether oxygens (including phenoxy) is 4. The summed E-state index contributed by atoms with van der Waals surface area (Å²) >= 11 is 0. The van der Waals surface area contributed by atoms with E-state index in [9.17, 15) is 0 Å². The Kier molecular flexibility index (Phi) is 2.49. The van der Waals surface area contributed by atoms with E-state index in [0.717, 1.165) is 24.3 Å². The Balaban J connectivity index is 1.61. The van der Waals surface area contributed by atoms with E-state index in [1.165, 1.54) is 30.4 Å². The molecule has 2 heterocycles. The molecule has 6 rings (SSSR count). The lowest BCUT2D eigenvalue weighted by Gasteiger charge is -2.45. The molecule has 0 aromatic heterocycles. The van der Waals surface area contributed by atoms with E-state index in [0.29, 0.717) is 18.8 Å². The molecule has 0 amide bonds. The molecule has 5 aliphatic rings. The smallest absolute Gasteiger partial charge is 0.231 e. The molecule has 1 saturated carbocycles. The third kappa shape index (κ3) is 1.44. The first kappa shape index (κ1) is 13.7. The molecule has 2 spiro atoms. The first-order valence-corrected chi connectivity index (χ1v) is 9.10. The van der Waals surface area contributed by atoms with Crippen molar-refractivity contribution in [1.82, 2.24) is 0 Å². The van der Waals surface area contributed by atoms with Gasteiger partial charge in [0.1, 0.15) is 5.60 Å². The van der Waals surface area contributed by atoms with Crippen molar-refractivity contribution in [3.63, 3.8) is 0 Å². The number of benzene rings is 1. The van der Waals surface area contributed by atoms with Crippen LogP contribution in [0, 0.1) is 5.92 Å². The lowest BCUT2D eigenvalue weighted by molar-refractivity contribution is 0.0394. The maximum atomic E-state index is 6.31. The van der Waals surface area contributed by atoms with Crippen LogP contribution in [0.3, 0.4) is 0 Å². The molecule has 0 unspecified atom stereocenters. The third-order valence-corrected chi connectivity index (χ3v) is 7.11. The van der Waals surface area contributed by atoms with Crippen molar-refractivity contribution in [2.45, 2.75) is 55.3 Å². The van der Waals surface area contributed by atoms with Crippen LogP contribution in [0.2, 0.25) is 0 Å². The Morgan fingerprint density at radius 2 is 2.08 bits per heavy atom. The quantitative estimate of drug-likeness (QED) is 0.587. The van der Waals surface area contributed by atoms with Crippen LogP contribution in [-0.2, 0) is 21.3 Å². The maximum Gasteiger partial charge on any atom is 0.231 e. The largest absolute Gasteiger partial charge is 0.454 e. The SMILES string of the molecule is CO[C@H]1C=C[C@@]23O[C@@H]2C[C@H]2CCCc4cc5c(cc4[C@@]23C1)OCO5. The van der Waals surface area contributed by atoms with Crippen LogP contribution in [-0.4, -0.2) is 31.7 Å². The van der Waals surface area contributed by atoms with Gasteiger partial charge in [0.25, 0.3) is 0 Å². The molecule has 1 saturated heterocycles. The van der Waals surface area contributed by atoms with Gasteiger partial charge in [0.2, 0.25) is 6.79 Å². The van der Waals surface area contributed by atoms with E-state index < -0.39 is 0 Å². The second kappa shape index (κ2) is 4.36. The molecule has 2 aliphatic heterocycles. The maximum absolute atomic E-state index is 6.31. The van der Waals surface area contributed by atoms with Crippen molar-refractivity contribution < 1.29 is 18.9 Å². The summed E-state index contributed by atoms with van der Waals surface area (Å²) in [5, 5.41) is 0. The van der Waals surface area contributed by atoms with Gasteiger partial charge in [0, 0.05) is 12.5 Å². The van der Waals surface area contributed by atoms with Gasteiger partial charge in [-0.1, -0.05) is 12.2 Å². The third-order valence-electron chi connectivity index (χ3n) is 7.11. The number of fused-ring (bicyclic) bond motifs is 2. The highest BCUT2D eigenvalue weighted by Gasteiger charge is 2.77. The van der Waals surface area contributed by atoms with Crippen molar-refractivity contribution in [2.24, 2.45) is 5.92 Å². The summed E-state index contributed by atoms with van der Waals surface area (Å²) in [5.41, 5.74) is 2.77. The number of rotatable bonds is 1. The van der Waals surface area contributed by atoms with E-state index in [1.807, 2.05) is 7.11 Å². The van der Waals surface area contributed by atoms with Gasteiger partial charge in [0.15, 0.2) is 11.5 Å². The summed E-state index contributed by atoms with van der Waals surface area (Å²) in [4.78, 5) is 0. The molecule has 5 atom stereocenters. The molecule has 4 nitrogen and oxygen atoms in total. The highest BCUT2D eigenvalue weighted by Crippen LogP contribution is 2.70. The molecule has 1 aromatic carbocycles. The van der Waals surface area contributed by atoms with Gasteiger partial charge in [-0.3, -0.25) is 0 Å². The van der Waals surface area contributed by atoms with Crippen LogP contribution in [0.4, 0.5) is 0 Å². The number of hydrogen-bond donors (Lipinski definition) is 0. The Labute approximate surface area is 141 Å². The van der Waals surface area contributed by atoms with Crippen molar-refractivity contribution in [3.8, 4) is 11.5 Å². The summed E-state index contributed by atoms with van der Waals surface area (Å²) in [5.74, 6) is 2.46. The van der Waals surface area contributed by atoms with Crippen LogP contribution < -0.4 is 9.47 Å². The van der Waals surface area contributed by atoms with Gasteiger partial charge < -0.3 is 18.9 Å². The number of hydrogen-bond acceptors (Lipinski definition) is 4. The summed E-state index contributed by atoms with van der Waals surface area (Å²) in [6.07, 6.45) is 10.9. The number of methoxy groups -OCH3 is 1. The van der Waals surface area contributed by atoms with Gasteiger partial charge in [-0.2, -0.15) is 0 Å². The van der Waals surface area contributed by atoms with Crippen LogP contribution >= 0.6 is 0 Å². The first-order chi connectivity index (χ1) is 11.8. The minimum absolute atomic E-state index is 0.0277. The van der Waals surface area contributed by atoms with E-state index in [1.54, 1.807) is 0 Å². The molecule has 126 valence electrons. The molecule has 2 fully saturated rings. The minimum Gasteiger partial charge on any atom is -0.454 e. The summed E-state index contributed by atoms with van der Waals surface area (Å²) in [7, 11) is 1.82. The molecule has 3 aliphatic carbocycles. The van der Waals surface area contributed by atoms with E-state index >= 15 is 0 Å². The molecule has 1 aromatic rings. The van der Waals surface area contributed by atoms with Crippen LogP contribution in [0.25, 0.3) is 0 Å². The monoisotopic (exact) mass is 326 g/mol. The Hall–Kier alpha value is -1.52. The van der Waals surface area contributed by atoms with Gasteiger partial charge in [-0.25, -0.2) is 0 Å². The second-order valence-electron chi connectivity index (χ2n) is 7.90. The van der Waals surface area contributed by atoms with Crippen molar-refractivity contribution in [1.29, 1.82) is 0 Å². The fourth-order valence-electron chi connectivity index (χ4n) is 6.06. The van der Waals surface area contributed by atoms with Crippen molar-refractivity contribution in [3.05, 3.63) is 35.4 Å². The van der Waals surface area contributed by atoms with Gasteiger partial charge in [0.05, 0.1) is 12.2 Å². The zero-order chi connectivity index (χ0) is 15.9. The van der Waals surface area contributed by atoms with Gasteiger partial charge >= 0.3 is 0 Å². The molecular formula is C20H22O4. The second-order valence-corrected chi connectivity index (χ2v) is 7.90. The normalized spacial score (nSPS) is 43.5. The fraction of sp³-hybridized carbons (Fsp3) is 0.600. The Morgan fingerprint density at radius 3 is 2.96 bits per heavy atom. The zero-order valence-corrected chi connectivity index (χ0v) is 13.9. The van der Waals surface area contributed by atoms with E-state index in [4.69, 9.17) is 18.9 Å². The highest BCUT2D eigenvalue weighted by molar-refractivity contribution is 5.57. The Morgan fingerprint density at radius 1 is 1.21 bits per heavy atom. The van der Waals surface area contributed by atoms with E-state index in [-0.39, 0.29) is 17.1 Å². The average molecular weight is 326 g/mol. The predicted octanol–water partition coefficient (Wildman–Crippen LogP) is 3.12. The average Bonchev–Trinajstić information content (AvgIpc) is 3.02. The molecule has 0 radical (unpaired) electrons. The fourth-order valence-corrected chi connectivity index (χ4v) is 6.06. The molecule has 0 bridgehead atoms. The highest BCUT2D eigenvalue weighted by atomic mass is 16.7. The molecule has 0 N–H and O–H groups in total. The standard InChI is InChI=1S/C20H22O4/c1-21-14-5-6-20-18(24-20)8-13-4-2-3-12-7-16-17(23-11-22-16)9-15(12)19(13,20)10-14/h5-7,9,13-14,18H,2-4,8,10-11H2,1H3/t13-,14+,18-,19-,20-/m1/s1. The topological polar surface area (TPSA) is 40.2 Å². The van der Waals surface area contributed by atoms with E-state index in [2.05, 4.69) is 24.3 Å². The predicted molar refractivity (Wildman–Crippen MR) is 87.4 cm³/mol. The summed E-state index contributed by atoms with van der Waals surface area (Å²) < 4.78 is 23.4. The number of aryl methyl sites for hydroxylation is 1. The molecular weight excluding hydrogens is 304 g/mol. The van der Waals surface area contributed by atoms with Gasteiger partial charge in [-0.05, 0) is 61.3 Å².